The van der Waals surface area contributed by atoms with Gasteiger partial charge in [0.2, 0.25) is 5.91 Å². The van der Waals surface area contributed by atoms with E-state index in [0.717, 1.165) is 0 Å². The number of hydrogen-bond acceptors (Lipinski definition) is 6. The monoisotopic (exact) mass is 456 g/mol. The Labute approximate surface area is 197 Å². The molecule has 0 spiro atoms. The average molecular weight is 457 g/mol. The molecule has 0 unspecified atom stereocenters. The molecule has 3 amide bonds. The molecule has 2 heterocycles. The Kier molecular flexibility index (Phi) is 6.68. The lowest BCUT2D eigenvalue weighted by Crippen LogP contribution is -2.32. The molecule has 34 heavy (non-hydrogen) atoms. The van der Waals surface area contributed by atoms with Crippen LogP contribution in [0.5, 0.6) is 5.75 Å². The molecule has 0 aliphatic carbocycles. The number of carbonyl (C=O) groups excluding carboxylic acids is 3. The summed E-state index contributed by atoms with van der Waals surface area (Å²) in [5, 5.41) is 5.82. The summed E-state index contributed by atoms with van der Waals surface area (Å²) in [7, 11) is 0. The van der Waals surface area contributed by atoms with Crippen molar-refractivity contribution in [1.82, 2.24) is 9.88 Å². The molecule has 0 atom stereocenters. The summed E-state index contributed by atoms with van der Waals surface area (Å²) < 4.78 is 5.48. The number of benzene rings is 2. The van der Waals surface area contributed by atoms with Crippen LogP contribution >= 0.6 is 0 Å². The van der Waals surface area contributed by atoms with Gasteiger partial charge in [0.1, 0.15) is 11.4 Å². The number of hydrogen-bond donors (Lipinski definition) is 2. The van der Waals surface area contributed by atoms with Crippen LogP contribution in [0.25, 0.3) is 5.57 Å². The van der Waals surface area contributed by atoms with Crippen LogP contribution in [0.2, 0.25) is 0 Å². The van der Waals surface area contributed by atoms with Crippen LogP contribution in [0.1, 0.15) is 25.1 Å². The van der Waals surface area contributed by atoms with Crippen molar-refractivity contribution in [2.24, 2.45) is 0 Å². The number of anilines is 2. The molecule has 172 valence electrons. The molecule has 8 heteroatoms. The molecule has 2 N–H and O–H groups in total. The zero-order valence-corrected chi connectivity index (χ0v) is 18.9. The first kappa shape index (κ1) is 22.7. The van der Waals surface area contributed by atoms with Gasteiger partial charge in [-0.15, -0.1) is 0 Å². The van der Waals surface area contributed by atoms with Gasteiger partial charge in [-0.3, -0.25) is 24.3 Å². The van der Waals surface area contributed by atoms with Gasteiger partial charge in [0.05, 0.1) is 24.4 Å². The first-order chi connectivity index (χ1) is 16.5. The van der Waals surface area contributed by atoms with E-state index in [1.807, 2.05) is 13.0 Å². The minimum atomic E-state index is -0.439. The number of ether oxygens (including phenoxy) is 1. The molecule has 1 aliphatic heterocycles. The fourth-order valence-corrected chi connectivity index (χ4v) is 3.63. The van der Waals surface area contributed by atoms with Crippen LogP contribution in [0.4, 0.5) is 11.4 Å². The van der Waals surface area contributed by atoms with E-state index in [1.165, 1.54) is 11.8 Å². The second kappa shape index (κ2) is 9.99. The summed E-state index contributed by atoms with van der Waals surface area (Å²) in [6.45, 7) is 3.93. The van der Waals surface area contributed by atoms with Crippen LogP contribution in [-0.4, -0.2) is 34.2 Å². The molecule has 2 aromatic carbocycles. The van der Waals surface area contributed by atoms with Crippen molar-refractivity contribution in [3.8, 4) is 5.75 Å². The minimum absolute atomic E-state index is 0.0560. The zero-order chi connectivity index (χ0) is 24.1. The standard InChI is InChI=1S/C26H24N4O4/c1-3-34-22-13-11-20(12-14-22)29-24-23(18-7-9-19(10-8-18)28-17(2)31)25(32)30(26(24)33)16-21-6-4-5-15-27-21/h4-15,29H,3,16H2,1-2H3,(H,28,31). The van der Waals surface area contributed by atoms with Crippen molar-refractivity contribution in [2.75, 3.05) is 17.2 Å². The Morgan fingerprint density at radius 2 is 1.65 bits per heavy atom. The van der Waals surface area contributed by atoms with Crippen molar-refractivity contribution < 1.29 is 19.1 Å². The fraction of sp³-hybridized carbons (Fsp3) is 0.154. The lowest BCUT2D eigenvalue weighted by Gasteiger charge is -2.15. The molecular weight excluding hydrogens is 432 g/mol. The normalized spacial score (nSPS) is 13.3. The predicted molar refractivity (Wildman–Crippen MR) is 129 cm³/mol. The van der Waals surface area contributed by atoms with Gasteiger partial charge in [-0.25, -0.2) is 0 Å². The van der Waals surface area contributed by atoms with Gasteiger partial charge in [-0.05, 0) is 61.0 Å². The fourth-order valence-electron chi connectivity index (χ4n) is 3.63. The molecule has 1 aromatic heterocycles. The smallest absolute Gasteiger partial charge is 0.278 e. The van der Waals surface area contributed by atoms with E-state index in [0.29, 0.717) is 35.0 Å². The molecule has 0 radical (unpaired) electrons. The van der Waals surface area contributed by atoms with E-state index in [-0.39, 0.29) is 23.7 Å². The number of carbonyl (C=O) groups is 3. The maximum Gasteiger partial charge on any atom is 0.278 e. The largest absolute Gasteiger partial charge is 0.494 e. The van der Waals surface area contributed by atoms with E-state index in [1.54, 1.807) is 66.9 Å². The van der Waals surface area contributed by atoms with Crippen LogP contribution in [-0.2, 0) is 20.9 Å². The van der Waals surface area contributed by atoms with E-state index in [4.69, 9.17) is 4.74 Å². The second-order valence-electron chi connectivity index (χ2n) is 7.61. The summed E-state index contributed by atoms with van der Waals surface area (Å²) in [5.74, 6) is -0.346. The molecule has 4 rings (SSSR count). The van der Waals surface area contributed by atoms with E-state index in [9.17, 15) is 14.4 Å². The van der Waals surface area contributed by atoms with Gasteiger partial charge >= 0.3 is 0 Å². The first-order valence-electron chi connectivity index (χ1n) is 10.8. The molecule has 0 bridgehead atoms. The van der Waals surface area contributed by atoms with Crippen LogP contribution in [0.15, 0.2) is 78.6 Å². The second-order valence-corrected chi connectivity index (χ2v) is 7.61. The van der Waals surface area contributed by atoms with Crippen LogP contribution < -0.4 is 15.4 Å². The van der Waals surface area contributed by atoms with Crippen molar-refractivity contribution in [3.63, 3.8) is 0 Å². The molecule has 0 saturated carbocycles. The van der Waals surface area contributed by atoms with Crippen LogP contribution in [0, 0.1) is 0 Å². The number of pyridine rings is 1. The van der Waals surface area contributed by atoms with Crippen molar-refractivity contribution in [1.29, 1.82) is 0 Å². The van der Waals surface area contributed by atoms with Gasteiger partial charge in [0.25, 0.3) is 11.8 Å². The maximum atomic E-state index is 13.4. The van der Waals surface area contributed by atoms with Gasteiger partial charge in [0, 0.05) is 24.5 Å². The predicted octanol–water partition coefficient (Wildman–Crippen LogP) is 3.83. The van der Waals surface area contributed by atoms with E-state index >= 15 is 0 Å². The topological polar surface area (TPSA) is 101 Å². The van der Waals surface area contributed by atoms with Crippen molar-refractivity contribution in [3.05, 3.63) is 89.9 Å². The van der Waals surface area contributed by atoms with E-state index < -0.39 is 11.8 Å². The Bertz CT molecular complexity index is 1240. The Balaban J connectivity index is 1.69. The highest BCUT2D eigenvalue weighted by Crippen LogP contribution is 2.32. The third-order valence-electron chi connectivity index (χ3n) is 5.14. The highest BCUT2D eigenvalue weighted by Gasteiger charge is 2.39. The quantitative estimate of drug-likeness (QED) is 0.500. The Morgan fingerprint density at radius 3 is 2.26 bits per heavy atom. The van der Waals surface area contributed by atoms with Crippen molar-refractivity contribution in [2.45, 2.75) is 20.4 Å². The van der Waals surface area contributed by atoms with Crippen LogP contribution in [0.3, 0.4) is 0 Å². The number of aromatic nitrogens is 1. The first-order valence-corrected chi connectivity index (χ1v) is 10.8. The minimum Gasteiger partial charge on any atom is -0.494 e. The summed E-state index contributed by atoms with van der Waals surface area (Å²) in [6.07, 6.45) is 1.62. The Hall–Kier alpha value is -4.46. The SMILES string of the molecule is CCOc1ccc(NC2=C(c3ccc(NC(C)=O)cc3)C(=O)N(Cc3ccccn3)C2=O)cc1. The van der Waals surface area contributed by atoms with Gasteiger partial charge < -0.3 is 15.4 Å². The zero-order valence-electron chi connectivity index (χ0n) is 18.9. The Morgan fingerprint density at radius 1 is 0.941 bits per heavy atom. The number of rotatable bonds is 8. The van der Waals surface area contributed by atoms with Gasteiger partial charge in [0.15, 0.2) is 0 Å². The molecule has 1 aliphatic rings. The third-order valence-corrected chi connectivity index (χ3v) is 5.14. The lowest BCUT2D eigenvalue weighted by molar-refractivity contribution is -0.137. The summed E-state index contributed by atoms with van der Waals surface area (Å²) >= 11 is 0. The molecule has 0 fully saturated rings. The summed E-state index contributed by atoms with van der Waals surface area (Å²) in [5.41, 5.74) is 2.84. The van der Waals surface area contributed by atoms with Crippen molar-refractivity contribution >= 4 is 34.7 Å². The number of imide groups is 1. The van der Waals surface area contributed by atoms with Gasteiger partial charge in [-0.2, -0.15) is 0 Å². The summed E-state index contributed by atoms with van der Waals surface area (Å²) in [6, 6.07) is 19.3. The molecule has 0 saturated heterocycles. The highest BCUT2D eigenvalue weighted by molar-refractivity contribution is 6.36. The summed E-state index contributed by atoms with van der Waals surface area (Å²) in [4.78, 5) is 43.5. The maximum absolute atomic E-state index is 13.4. The highest BCUT2D eigenvalue weighted by atomic mass is 16.5. The molecule has 8 nitrogen and oxygen atoms in total. The number of nitrogens with zero attached hydrogens (tertiary/aromatic N) is 2. The average Bonchev–Trinajstić information content (AvgIpc) is 3.05. The number of nitrogens with one attached hydrogen (secondary N) is 2. The number of amides is 3. The molecule has 3 aromatic rings. The lowest BCUT2D eigenvalue weighted by atomic mass is 10.0. The van der Waals surface area contributed by atoms with E-state index in [2.05, 4.69) is 15.6 Å². The third kappa shape index (κ3) is 4.96. The molecular formula is C26H24N4O4. The van der Waals surface area contributed by atoms with Gasteiger partial charge in [-0.1, -0.05) is 18.2 Å².